The molecule has 7 nitrogen and oxygen atoms in total. The second kappa shape index (κ2) is 10.3. The first kappa shape index (κ1) is 21.9. The van der Waals surface area contributed by atoms with Crippen LogP contribution in [0.3, 0.4) is 0 Å². The summed E-state index contributed by atoms with van der Waals surface area (Å²) in [5.74, 6) is 1.91. The van der Waals surface area contributed by atoms with E-state index in [1.54, 1.807) is 4.68 Å². The Morgan fingerprint density at radius 2 is 2.00 bits per heavy atom. The number of rotatable bonds is 5. The molecule has 0 radical (unpaired) electrons. The number of hydrogen-bond acceptors (Lipinski definition) is 3. The Kier molecular flexibility index (Phi) is 7.74. The molecule has 0 saturated carbocycles. The van der Waals surface area contributed by atoms with Crippen LogP contribution in [-0.2, 0) is 32.5 Å². The van der Waals surface area contributed by atoms with E-state index in [0.717, 1.165) is 70.1 Å². The molecule has 0 unspecified atom stereocenters. The van der Waals surface area contributed by atoms with Gasteiger partial charge in [-0.05, 0) is 43.7 Å². The lowest BCUT2D eigenvalue weighted by molar-refractivity contribution is 0.378. The third-order valence-electron chi connectivity index (χ3n) is 5.59. The van der Waals surface area contributed by atoms with Gasteiger partial charge in [-0.3, -0.25) is 9.56 Å². The lowest BCUT2D eigenvalue weighted by Crippen LogP contribution is -2.44. The van der Waals surface area contributed by atoms with Crippen molar-refractivity contribution in [2.45, 2.75) is 58.7 Å². The first-order chi connectivity index (χ1) is 13.8. The van der Waals surface area contributed by atoms with Gasteiger partial charge in [-0.15, -0.1) is 24.0 Å². The van der Waals surface area contributed by atoms with Crippen molar-refractivity contribution >= 4 is 29.9 Å². The summed E-state index contributed by atoms with van der Waals surface area (Å²) >= 11 is 0. The fourth-order valence-corrected chi connectivity index (χ4v) is 4.10. The standard InChI is InChI=1S/C21H30N6O.HI/c1-2-22-20(25-15-11-17-8-3-4-9-18(17)16-25)23-12-7-14-27-21(28)26-13-6-5-10-19(26)24-27;/h3-4,8-9H,2,5-7,10-16H2,1H3,(H,22,23);1H. The predicted molar refractivity (Wildman–Crippen MR) is 126 cm³/mol. The molecule has 4 rings (SSSR count). The topological polar surface area (TPSA) is 67.5 Å². The van der Waals surface area contributed by atoms with Crippen molar-refractivity contribution in [3.05, 3.63) is 51.7 Å². The van der Waals surface area contributed by atoms with E-state index >= 15 is 0 Å². The fourth-order valence-electron chi connectivity index (χ4n) is 4.10. The number of nitrogens with one attached hydrogen (secondary N) is 1. The third kappa shape index (κ3) is 5.02. The maximum Gasteiger partial charge on any atom is 0.345 e. The second-order valence-corrected chi connectivity index (χ2v) is 7.56. The molecular formula is C21H31IN6O. The van der Waals surface area contributed by atoms with Crippen molar-refractivity contribution < 1.29 is 0 Å². The van der Waals surface area contributed by atoms with E-state index in [0.29, 0.717) is 13.1 Å². The molecule has 0 atom stereocenters. The zero-order valence-corrected chi connectivity index (χ0v) is 19.5. The molecule has 1 N–H and O–H groups in total. The van der Waals surface area contributed by atoms with Crippen LogP contribution < -0.4 is 11.0 Å². The van der Waals surface area contributed by atoms with Crippen LogP contribution in [-0.4, -0.2) is 44.8 Å². The van der Waals surface area contributed by atoms with E-state index in [2.05, 4.69) is 46.5 Å². The van der Waals surface area contributed by atoms with E-state index in [4.69, 9.17) is 4.99 Å². The van der Waals surface area contributed by atoms with Crippen LogP contribution in [0.2, 0.25) is 0 Å². The van der Waals surface area contributed by atoms with Gasteiger partial charge in [0, 0.05) is 45.7 Å². The van der Waals surface area contributed by atoms with Crippen molar-refractivity contribution in [3.63, 3.8) is 0 Å². The Hall–Kier alpha value is -1.84. The number of nitrogens with zero attached hydrogens (tertiary/aromatic N) is 5. The molecule has 8 heteroatoms. The highest BCUT2D eigenvalue weighted by Crippen LogP contribution is 2.18. The Morgan fingerprint density at radius 3 is 2.79 bits per heavy atom. The summed E-state index contributed by atoms with van der Waals surface area (Å²) in [5.41, 5.74) is 2.87. The molecule has 29 heavy (non-hydrogen) atoms. The molecule has 3 heterocycles. The molecule has 0 fully saturated rings. The monoisotopic (exact) mass is 510 g/mol. The number of aliphatic imine (C=N–C) groups is 1. The second-order valence-electron chi connectivity index (χ2n) is 7.56. The highest BCUT2D eigenvalue weighted by atomic mass is 127. The van der Waals surface area contributed by atoms with Crippen molar-refractivity contribution in [3.8, 4) is 0 Å². The fraction of sp³-hybridized carbons (Fsp3) is 0.571. The summed E-state index contributed by atoms with van der Waals surface area (Å²) in [6.07, 6.45) is 4.99. The molecule has 0 bridgehead atoms. The van der Waals surface area contributed by atoms with Crippen LogP contribution in [0.25, 0.3) is 0 Å². The zero-order valence-electron chi connectivity index (χ0n) is 17.1. The average Bonchev–Trinajstić information content (AvgIpc) is 3.06. The molecule has 0 spiro atoms. The lowest BCUT2D eigenvalue weighted by Gasteiger charge is -2.31. The minimum absolute atomic E-state index is 0. The van der Waals surface area contributed by atoms with Crippen molar-refractivity contribution in [2.24, 2.45) is 4.99 Å². The predicted octanol–water partition coefficient (Wildman–Crippen LogP) is 2.41. The highest BCUT2D eigenvalue weighted by molar-refractivity contribution is 14.0. The minimum Gasteiger partial charge on any atom is -0.357 e. The van der Waals surface area contributed by atoms with Crippen molar-refractivity contribution in [2.75, 3.05) is 19.6 Å². The van der Waals surface area contributed by atoms with E-state index in [1.807, 2.05) is 4.57 Å². The molecule has 0 saturated heterocycles. The van der Waals surface area contributed by atoms with E-state index < -0.39 is 0 Å². The Labute approximate surface area is 189 Å². The lowest BCUT2D eigenvalue weighted by atomic mass is 10.0. The third-order valence-corrected chi connectivity index (χ3v) is 5.59. The quantitative estimate of drug-likeness (QED) is 0.291. The van der Waals surface area contributed by atoms with Gasteiger partial charge >= 0.3 is 5.69 Å². The van der Waals surface area contributed by atoms with Gasteiger partial charge in [0.15, 0.2) is 5.96 Å². The van der Waals surface area contributed by atoms with Gasteiger partial charge in [0.25, 0.3) is 0 Å². The minimum atomic E-state index is 0. The first-order valence-electron chi connectivity index (χ1n) is 10.5. The van der Waals surface area contributed by atoms with E-state index in [9.17, 15) is 4.79 Å². The Bertz CT molecular complexity index is 903. The van der Waals surface area contributed by atoms with Gasteiger partial charge < -0.3 is 10.2 Å². The molecule has 1 aromatic heterocycles. The van der Waals surface area contributed by atoms with Crippen LogP contribution in [0, 0.1) is 0 Å². The van der Waals surface area contributed by atoms with Gasteiger partial charge in [-0.1, -0.05) is 24.3 Å². The number of hydrogen-bond donors (Lipinski definition) is 1. The first-order valence-corrected chi connectivity index (χ1v) is 10.5. The number of aryl methyl sites for hydroxylation is 2. The smallest absolute Gasteiger partial charge is 0.345 e. The molecule has 158 valence electrons. The maximum absolute atomic E-state index is 12.4. The summed E-state index contributed by atoms with van der Waals surface area (Å²) in [5, 5.41) is 7.93. The molecule has 2 aliphatic rings. The molecule has 1 aromatic carbocycles. The number of fused-ring (bicyclic) bond motifs is 2. The molecule has 2 aliphatic heterocycles. The van der Waals surface area contributed by atoms with Crippen LogP contribution in [0.4, 0.5) is 0 Å². The van der Waals surface area contributed by atoms with Gasteiger partial charge in [0.05, 0.1) is 0 Å². The Morgan fingerprint density at radius 1 is 1.17 bits per heavy atom. The van der Waals surface area contributed by atoms with Crippen LogP contribution in [0.15, 0.2) is 34.1 Å². The average molecular weight is 510 g/mol. The molecule has 2 aromatic rings. The maximum atomic E-state index is 12.4. The van der Waals surface area contributed by atoms with Crippen molar-refractivity contribution in [1.82, 2.24) is 24.6 Å². The molecule has 0 amide bonds. The number of guanidine groups is 1. The Balaban J connectivity index is 0.00000240. The summed E-state index contributed by atoms with van der Waals surface area (Å²) in [7, 11) is 0. The summed E-state index contributed by atoms with van der Waals surface area (Å²) in [6, 6.07) is 8.65. The van der Waals surface area contributed by atoms with Crippen molar-refractivity contribution in [1.29, 1.82) is 0 Å². The molecule has 0 aliphatic carbocycles. The summed E-state index contributed by atoms with van der Waals surface area (Å²) in [4.78, 5) is 19.6. The number of benzene rings is 1. The van der Waals surface area contributed by atoms with Crippen LogP contribution >= 0.6 is 24.0 Å². The summed E-state index contributed by atoms with van der Waals surface area (Å²) < 4.78 is 3.46. The van der Waals surface area contributed by atoms with E-state index in [-0.39, 0.29) is 29.7 Å². The van der Waals surface area contributed by atoms with Crippen LogP contribution in [0.5, 0.6) is 0 Å². The summed E-state index contributed by atoms with van der Waals surface area (Å²) in [6.45, 7) is 6.96. The largest absolute Gasteiger partial charge is 0.357 e. The van der Waals surface area contributed by atoms with Gasteiger partial charge in [-0.2, -0.15) is 5.10 Å². The molecular weight excluding hydrogens is 479 g/mol. The zero-order chi connectivity index (χ0) is 19.3. The highest BCUT2D eigenvalue weighted by Gasteiger charge is 2.19. The SMILES string of the molecule is CCNC(=NCCCn1nc2n(c1=O)CCCC2)N1CCc2ccccc2C1.I. The number of aromatic nitrogens is 3. The van der Waals surface area contributed by atoms with E-state index in [1.165, 1.54) is 11.1 Å². The van der Waals surface area contributed by atoms with Gasteiger partial charge in [0.2, 0.25) is 0 Å². The van der Waals surface area contributed by atoms with Crippen LogP contribution in [0.1, 0.15) is 43.1 Å². The van der Waals surface area contributed by atoms with Gasteiger partial charge in [-0.25, -0.2) is 9.48 Å². The number of halogens is 1. The van der Waals surface area contributed by atoms with Gasteiger partial charge in [0.1, 0.15) is 5.82 Å². The normalized spacial score (nSPS) is 16.0.